The number of nitrogens with zero attached hydrogens (tertiary/aromatic N) is 7. The zero-order chi connectivity index (χ0) is 37.1. The highest BCUT2D eigenvalue weighted by Crippen LogP contribution is 2.38. The van der Waals surface area contributed by atoms with E-state index in [2.05, 4.69) is 80.0 Å². The normalized spacial score (nSPS) is 16.3. The van der Waals surface area contributed by atoms with Gasteiger partial charge in [0.1, 0.15) is 11.9 Å². The monoisotopic (exact) mass is 835 g/mol. The van der Waals surface area contributed by atoms with E-state index in [4.69, 9.17) is 28.8 Å². The summed E-state index contributed by atoms with van der Waals surface area (Å²) in [5.41, 5.74) is 3.44. The topological polar surface area (TPSA) is 93.6 Å². The van der Waals surface area contributed by atoms with Gasteiger partial charge >= 0.3 is 0 Å². The first kappa shape index (κ1) is 39.4. The van der Waals surface area contributed by atoms with Gasteiger partial charge < -0.3 is 18.6 Å². The molecule has 1 aromatic carbocycles. The lowest BCUT2D eigenvalue weighted by molar-refractivity contribution is -0.0367. The van der Waals surface area contributed by atoms with Crippen LogP contribution in [0.5, 0.6) is 11.8 Å². The molecule has 4 heterocycles. The van der Waals surface area contributed by atoms with E-state index in [1.807, 2.05) is 31.6 Å². The van der Waals surface area contributed by atoms with E-state index in [0.717, 1.165) is 40.5 Å². The number of hydrogen-bond donors (Lipinski definition) is 0. The summed E-state index contributed by atoms with van der Waals surface area (Å²) in [4.78, 5) is 2.32. The Hall–Kier alpha value is -2.79. The molecule has 0 N–H and O–H groups in total. The quantitative estimate of drug-likeness (QED) is 0.0821. The van der Waals surface area contributed by atoms with Crippen molar-refractivity contribution in [1.29, 1.82) is 0 Å². The van der Waals surface area contributed by atoms with Crippen molar-refractivity contribution in [3.8, 4) is 22.9 Å². The first-order valence-electron chi connectivity index (χ1n) is 18.1. The average molecular weight is 836 g/mol. The molecule has 2 unspecified atom stereocenters. The highest BCUT2D eigenvalue weighted by molar-refractivity contribution is 14.1. The molecule has 14 heteroatoms. The van der Waals surface area contributed by atoms with Crippen molar-refractivity contribution in [3.05, 3.63) is 45.7 Å². The number of fused-ring (bicyclic) bond motifs is 1. The van der Waals surface area contributed by atoms with Gasteiger partial charge in [0, 0.05) is 43.8 Å². The van der Waals surface area contributed by atoms with Crippen molar-refractivity contribution in [3.63, 3.8) is 0 Å². The summed E-state index contributed by atoms with van der Waals surface area (Å²) in [5, 5.41) is 15.0. The summed E-state index contributed by atoms with van der Waals surface area (Å²) >= 11 is 2.35. The SMILES string of the molecule is C=Cc1nn(C2CCCCO2)c2cc(F)c(-c3cnn(C)c3OC(C)CN(CC)Cc3c(I)c(OCC)nn3CCO[Si](C)(C)C(C)(C)C)cc12. The molecule has 4 aromatic rings. The molecule has 1 saturated heterocycles. The summed E-state index contributed by atoms with van der Waals surface area (Å²) < 4.78 is 47.5. The highest BCUT2D eigenvalue weighted by atomic mass is 127. The number of ether oxygens (including phenoxy) is 3. The second-order valence-electron chi connectivity index (χ2n) is 14.8. The standard InChI is InChI=1S/C37H55FIN7O4Si/c1-11-30-27-20-26(29(38)21-31(27)46(41-30)33-16-14-15-18-48-33)28-22-40-43(8)36(28)50-25(4)23-44(12-2)24-32-34(39)35(47-13-3)42-45(32)17-19-49-51(9,10)37(5,6)7/h11,20-22,25,33H,1,12-19,23-24H2,2-10H3. The van der Waals surface area contributed by atoms with Gasteiger partial charge in [0.15, 0.2) is 14.5 Å². The van der Waals surface area contributed by atoms with E-state index in [-0.39, 0.29) is 23.2 Å². The Morgan fingerprint density at radius 1 is 1.20 bits per heavy atom. The van der Waals surface area contributed by atoms with E-state index < -0.39 is 8.32 Å². The van der Waals surface area contributed by atoms with Crippen LogP contribution in [0.3, 0.4) is 0 Å². The van der Waals surface area contributed by atoms with Crippen LogP contribution in [0.25, 0.3) is 28.1 Å². The molecule has 280 valence electrons. The lowest BCUT2D eigenvalue weighted by Gasteiger charge is -2.36. The van der Waals surface area contributed by atoms with Gasteiger partial charge in [0.25, 0.3) is 0 Å². The molecule has 0 bridgehead atoms. The molecule has 11 nitrogen and oxygen atoms in total. The van der Waals surface area contributed by atoms with Gasteiger partial charge in [-0.2, -0.15) is 10.2 Å². The molecule has 0 saturated carbocycles. The fourth-order valence-electron chi connectivity index (χ4n) is 6.15. The van der Waals surface area contributed by atoms with E-state index in [1.165, 1.54) is 0 Å². The number of benzene rings is 1. The molecule has 3 aromatic heterocycles. The summed E-state index contributed by atoms with van der Waals surface area (Å²) in [6.07, 6.45) is 5.82. The predicted octanol–water partition coefficient (Wildman–Crippen LogP) is 8.43. The highest BCUT2D eigenvalue weighted by Gasteiger charge is 2.37. The van der Waals surface area contributed by atoms with E-state index in [1.54, 1.807) is 27.7 Å². The molecule has 1 aliphatic rings. The van der Waals surface area contributed by atoms with Crippen molar-refractivity contribution in [2.75, 3.05) is 32.9 Å². The van der Waals surface area contributed by atoms with E-state index in [0.29, 0.717) is 73.6 Å². The second kappa shape index (κ2) is 16.5. The van der Waals surface area contributed by atoms with Gasteiger partial charge in [-0.05, 0) is 92.5 Å². The Labute approximate surface area is 316 Å². The molecule has 2 atom stereocenters. The Balaban J connectivity index is 1.34. The minimum atomic E-state index is -1.90. The minimum Gasteiger partial charge on any atom is -0.476 e. The van der Waals surface area contributed by atoms with Crippen LogP contribution in [-0.2, 0) is 29.3 Å². The average Bonchev–Trinajstić information content (AvgIpc) is 3.72. The molecule has 0 aliphatic carbocycles. The number of hydrogen-bond acceptors (Lipinski definition) is 8. The molecule has 1 aliphatic heterocycles. The summed E-state index contributed by atoms with van der Waals surface area (Å²) in [5.74, 6) is 0.776. The van der Waals surface area contributed by atoms with E-state index >= 15 is 4.39 Å². The Kier molecular flexibility index (Phi) is 12.7. The maximum Gasteiger partial charge on any atom is 0.246 e. The van der Waals surface area contributed by atoms with Crippen LogP contribution in [0, 0.1) is 9.39 Å². The van der Waals surface area contributed by atoms with Gasteiger partial charge in [-0.1, -0.05) is 34.3 Å². The van der Waals surface area contributed by atoms with Crippen LogP contribution in [0.4, 0.5) is 4.39 Å². The largest absolute Gasteiger partial charge is 0.476 e. The second-order valence-corrected chi connectivity index (χ2v) is 20.7. The van der Waals surface area contributed by atoms with Crippen molar-refractivity contribution in [2.24, 2.45) is 7.05 Å². The number of rotatable bonds is 16. The number of aryl methyl sites for hydroxylation is 1. The zero-order valence-electron chi connectivity index (χ0n) is 31.8. The smallest absolute Gasteiger partial charge is 0.246 e. The predicted molar refractivity (Wildman–Crippen MR) is 211 cm³/mol. The fourth-order valence-corrected chi connectivity index (χ4v) is 7.90. The Bertz CT molecular complexity index is 1810. The van der Waals surface area contributed by atoms with Crippen LogP contribution in [0.15, 0.2) is 24.9 Å². The number of aromatic nitrogens is 6. The van der Waals surface area contributed by atoms with Gasteiger partial charge in [-0.3, -0.25) is 9.58 Å². The Morgan fingerprint density at radius 3 is 2.61 bits per heavy atom. The van der Waals surface area contributed by atoms with Crippen LogP contribution in [0.1, 0.15) is 78.4 Å². The van der Waals surface area contributed by atoms with Crippen LogP contribution < -0.4 is 9.47 Å². The third-order valence-electron chi connectivity index (χ3n) is 10.1. The molecular weight excluding hydrogens is 780 g/mol. The Morgan fingerprint density at radius 2 is 1.96 bits per heavy atom. The van der Waals surface area contributed by atoms with Gasteiger partial charge in [-0.25, -0.2) is 13.8 Å². The van der Waals surface area contributed by atoms with Gasteiger partial charge in [0.2, 0.25) is 11.8 Å². The molecular formula is C37H55FIN7O4Si. The lowest BCUT2D eigenvalue weighted by atomic mass is 10.0. The third kappa shape index (κ3) is 8.72. The molecule has 0 spiro atoms. The first-order valence-corrected chi connectivity index (χ1v) is 22.1. The lowest BCUT2D eigenvalue weighted by Crippen LogP contribution is -2.41. The van der Waals surface area contributed by atoms with Gasteiger partial charge in [0.05, 0.1) is 52.0 Å². The maximum absolute atomic E-state index is 16.0. The molecule has 1 fully saturated rings. The molecule has 51 heavy (non-hydrogen) atoms. The van der Waals surface area contributed by atoms with Crippen LogP contribution in [0.2, 0.25) is 18.1 Å². The number of halogens is 2. The van der Waals surface area contributed by atoms with Crippen molar-refractivity contribution < 1.29 is 23.0 Å². The third-order valence-corrected chi connectivity index (χ3v) is 15.7. The fraction of sp³-hybridized carbons (Fsp3) is 0.595. The summed E-state index contributed by atoms with van der Waals surface area (Å²) in [6, 6.07) is 3.37. The van der Waals surface area contributed by atoms with E-state index in [9.17, 15) is 0 Å². The van der Waals surface area contributed by atoms with Crippen molar-refractivity contribution in [1.82, 2.24) is 34.2 Å². The summed E-state index contributed by atoms with van der Waals surface area (Å²) in [7, 11) is -0.0834. The maximum atomic E-state index is 16.0. The van der Waals surface area contributed by atoms with Gasteiger partial charge in [-0.15, -0.1) is 5.10 Å². The van der Waals surface area contributed by atoms with Crippen LogP contribution >= 0.6 is 22.6 Å². The van der Waals surface area contributed by atoms with Crippen LogP contribution in [-0.4, -0.2) is 81.6 Å². The molecule has 5 rings (SSSR count). The van der Waals surface area contributed by atoms with Crippen molar-refractivity contribution in [2.45, 2.75) is 104 Å². The summed E-state index contributed by atoms with van der Waals surface area (Å²) in [6.45, 7) is 25.9. The first-order chi connectivity index (χ1) is 24.2. The minimum absolute atomic E-state index is 0.133. The molecule has 0 radical (unpaired) electrons. The zero-order valence-corrected chi connectivity index (χ0v) is 34.9. The van der Waals surface area contributed by atoms with Crippen molar-refractivity contribution >= 4 is 47.9 Å². The molecule has 0 amide bonds. The number of likely N-dealkylation sites (N-methyl/N-ethyl adjacent to an activating group) is 1.